The van der Waals surface area contributed by atoms with Crippen molar-refractivity contribution in [2.24, 2.45) is 0 Å². The first-order chi connectivity index (χ1) is 7.38. The standard InChI is InChI=1S/C13H27NO/c1-3-5-9-13(12-15-4-2)14-10-7-6-8-11-14/h13H,3-12H2,1-2H3. The van der Waals surface area contributed by atoms with E-state index in [0.717, 1.165) is 13.2 Å². The molecule has 15 heavy (non-hydrogen) atoms. The molecule has 1 saturated heterocycles. The molecule has 0 radical (unpaired) electrons. The summed E-state index contributed by atoms with van der Waals surface area (Å²) in [6, 6.07) is 0.685. The first-order valence-corrected chi connectivity index (χ1v) is 6.70. The van der Waals surface area contributed by atoms with Gasteiger partial charge in [-0.3, -0.25) is 4.90 Å². The third kappa shape index (κ3) is 4.98. The second-order valence-electron chi connectivity index (χ2n) is 4.55. The van der Waals surface area contributed by atoms with E-state index in [1.54, 1.807) is 0 Å². The summed E-state index contributed by atoms with van der Waals surface area (Å²) in [4.78, 5) is 2.65. The summed E-state index contributed by atoms with van der Waals surface area (Å²) in [6.07, 6.45) is 8.15. The van der Waals surface area contributed by atoms with Gasteiger partial charge in [0.2, 0.25) is 0 Å². The largest absolute Gasteiger partial charge is 0.380 e. The fourth-order valence-electron chi connectivity index (χ4n) is 2.35. The molecule has 0 spiro atoms. The van der Waals surface area contributed by atoms with Crippen molar-refractivity contribution >= 4 is 0 Å². The molecule has 1 unspecified atom stereocenters. The molecule has 0 aliphatic carbocycles. The maximum Gasteiger partial charge on any atom is 0.0621 e. The number of hydrogen-bond acceptors (Lipinski definition) is 2. The van der Waals surface area contributed by atoms with E-state index in [1.165, 1.54) is 51.6 Å². The highest BCUT2D eigenvalue weighted by molar-refractivity contribution is 4.74. The van der Waals surface area contributed by atoms with Crippen molar-refractivity contribution in [2.75, 3.05) is 26.3 Å². The summed E-state index contributed by atoms with van der Waals surface area (Å²) in [5.41, 5.74) is 0. The molecule has 1 rings (SSSR count). The maximum atomic E-state index is 5.60. The summed E-state index contributed by atoms with van der Waals surface area (Å²) < 4.78 is 5.60. The number of piperidine rings is 1. The van der Waals surface area contributed by atoms with Gasteiger partial charge in [0.1, 0.15) is 0 Å². The molecular formula is C13H27NO. The van der Waals surface area contributed by atoms with Gasteiger partial charge in [-0.1, -0.05) is 26.2 Å². The maximum absolute atomic E-state index is 5.60. The molecule has 0 aromatic carbocycles. The highest BCUT2D eigenvalue weighted by Gasteiger charge is 2.19. The Balaban J connectivity index is 2.30. The van der Waals surface area contributed by atoms with Crippen LogP contribution in [0.4, 0.5) is 0 Å². The first-order valence-electron chi connectivity index (χ1n) is 6.70. The van der Waals surface area contributed by atoms with Gasteiger partial charge < -0.3 is 4.74 Å². The monoisotopic (exact) mass is 213 g/mol. The zero-order chi connectivity index (χ0) is 10.9. The van der Waals surface area contributed by atoms with E-state index in [9.17, 15) is 0 Å². The van der Waals surface area contributed by atoms with Crippen molar-refractivity contribution in [3.05, 3.63) is 0 Å². The number of rotatable bonds is 7. The number of hydrogen-bond donors (Lipinski definition) is 0. The van der Waals surface area contributed by atoms with E-state index in [2.05, 4.69) is 18.7 Å². The lowest BCUT2D eigenvalue weighted by Gasteiger charge is -2.34. The molecule has 90 valence electrons. The van der Waals surface area contributed by atoms with E-state index in [1.807, 2.05) is 0 Å². The molecule has 2 heteroatoms. The van der Waals surface area contributed by atoms with Crippen LogP contribution in [0.15, 0.2) is 0 Å². The van der Waals surface area contributed by atoms with Crippen molar-refractivity contribution in [3.63, 3.8) is 0 Å². The fraction of sp³-hybridized carbons (Fsp3) is 1.00. The molecule has 1 fully saturated rings. The Kier molecular flexibility index (Phi) is 7.03. The molecule has 2 nitrogen and oxygen atoms in total. The van der Waals surface area contributed by atoms with Gasteiger partial charge in [-0.15, -0.1) is 0 Å². The Morgan fingerprint density at radius 3 is 2.47 bits per heavy atom. The summed E-state index contributed by atoms with van der Waals surface area (Å²) in [5, 5.41) is 0. The highest BCUT2D eigenvalue weighted by Crippen LogP contribution is 2.16. The van der Waals surface area contributed by atoms with Crippen molar-refractivity contribution in [2.45, 2.75) is 58.4 Å². The molecule has 1 atom stereocenters. The van der Waals surface area contributed by atoms with Gasteiger partial charge in [0, 0.05) is 12.6 Å². The summed E-state index contributed by atoms with van der Waals surface area (Å²) in [7, 11) is 0. The average Bonchev–Trinajstić information content (AvgIpc) is 2.30. The van der Waals surface area contributed by atoms with E-state index in [4.69, 9.17) is 4.74 Å². The minimum Gasteiger partial charge on any atom is -0.380 e. The van der Waals surface area contributed by atoms with Crippen LogP contribution in [0, 0.1) is 0 Å². The number of unbranched alkanes of at least 4 members (excludes halogenated alkanes) is 1. The lowest BCUT2D eigenvalue weighted by molar-refractivity contribution is 0.0509. The van der Waals surface area contributed by atoms with Gasteiger partial charge in [0.25, 0.3) is 0 Å². The van der Waals surface area contributed by atoms with Crippen molar-refractivity contribution in [1.82, 2.24) is 4.90 Å². The van der Waals surface area contributed by atoms with Gasteiger partial charge in [0.05, 0.1) is 6.61 Å². The van der Waals surface area contributed by atoms with Crippen LogP contribution in [-0.2, 0) is 4.74 Å². The van der Waals surface area contributed by atoms with E-state index in [0.29, 0.717) is 6.04 Å². The van der Waals surface area contributed by atoms with E-state index < -0.39 is 0 Å². The Labute approximate surface area is 95.0 Å². The number of likely N-dealkylation sites (tertiary alicyclic amines) is 1. The quantitative estimate of drug-likeness (QED) is 0.644. The molecule has 0 N–H and O–H groups in total. The third-order valence-corrected chi connectivity index (χ3v) is 3.31. The highest BCUT2D eigenvalue weighted by atomic mass is 16.5. The summed E-state index contributed by atoms with van der Waals surface area (Å²) >= 11 is 0. The molecule has 1 aliphatic heterocycles. The van der Waals surface area contributed by atoms with Crippen LogP contribution in [0.1, 0.15) is 52.4 Å². The Bertz CT molecular complexity index is 135. The van der Waals surface area contributed by atoms with Gasteiger partial charge in [0.15, 0.2) is 0 Å². The molecule has 0 amide bonds. The molecule has 0 bridgehead atoms. The van der Waals surface area contributed by atoms with Crippen LogP contribution in [0.25, 0.3) is 0 Å². The van der Waals surface area contributed by atoms with E-state index >= 15 is 0 Å². The lowest BCUT2D eigenvalue weighted by Crippen LogP contribution is -2.42. The molecule has 0 aromatic heterocycles. The minimum absolute atomic E-state index is 0.685. The van der Waals surface area contributed by atoms with Crippen molar-refractivity contribution < 1.29 is 4.74 Å². The normalized spacial score (nSPS) is 20.4. The number of nitrogens with zero attached hydrogens (tertiary/aromatic N) is 1. The third-order valence-electron chi connectivity index (χ3n) is 3.31. The predicted molar refractivity (Wildman–Crippen MR) is 65.2 cm³/mol. The fourth-order valence-corrected chi connectivity index (χ4v) is 2.35. The molecule has 1 heterocycles. The van der Waals surface area contributed by atoms with Gasteiger partial charge in [-0.25, -0.2) is 0 Å². The second kappa shape index (κ2) is 8.12. The van der Waals surface area contributed by atoms with Crippen LogP contribution < -0.4 is 0 Å². The topological polar surface area (TPSA) is 12.5 Å². The first kappa shape index (κ1) is 13.0. The Morgan fingerprint density at radius 1 is 1.13 bits per heavy atom. The molecular weight excluding hydrogens is 186 g/mol. The average molecular weight is 213 g/mol. The van der Waals surface area contributed by atoms with Crippen LogP contribution >= 0.6 is 0 Å². The van der Waals surface area contributed by atoms with Crippen molar-refractivity contribution in [1.29, 1.82) is 0 Å². The Hall–Kier alpha value is -0.0800. The predicted octanol–water partition coefficient (Wildman–Crippen LogP) is 3.07. The van der Waals surface area contributed by atoms with Gasteiger partial charge >= 0.3 is 0 Å². The molecule has 0 saturated carbocycles. The molecule has 0 aromatic rings. The van der Waals surface area contributed by atoms with Crippen LogP contribution in [-0.4, -0.2) is 37.2 Å². The lowest BCUT2D eigenvalue weighted by atomic mass is 10.0. The second-order valence-corrected chi connectivity index (χ2v) is 4.55. The summed E-state index contributed by atoms with van der Waals surface area (Å²) in [5.74, 6) is 0. The molecule has 1 aliphatic rings. The Morgan fingerprint density at radius 2 is 1.87 bits per heavy atom. The van der Waals surface area contributed by atoms with Crippen molar-refractivity contribution in [3.8, 4) is 0 Å². The summed E-state index contributed by atoms with van der Waals surface area (Å²) in [6.45, 7) is 8.75. The minimum atomic E-state index is 0.685. The van der Waals surface area contributed by atoms with Gasteiger partial charge in [-0.2, -0.15) is 0 Å². The van der Waals surface area contributed by atoms with Crippen LogP contribution in [0.5, 0.6) is 0 Å². The van der Waals surface area contributed by atoms with E-state index in [-0.39, 0.29) is 0 Å². The SMILES string of the molecule is CCCCC(COCC)N1CCCCC1. The number of ether oxygens (including phenoxy) is 1. The zero-order valence-corrected chi connectivity index (χ0v) is 10.5. The smallest absolute Gasteiger partial charge is 0.0621 e. The zero-order valence-electron chi connectivity index (χ0n) is 10.5. The van der Waals surface area contributed by atoms with Gasteiger partial charge in [-0.05, 0) is 39.3 Å². The van der Waals surface area contributed by atoms with Crippen LogP contribution in [0.2, 0.25) is 0 Å². The van der Waals surface area contributed by atoms with Crippen LogP contribution in [0.3, 0.4) is 0 Å².